The Balaban J connectivity index is 1.76. The molecule has 0 aliphatic carbocycles. The monoisotopic (exact) mass is 633 g/mol. The molecule has 2 amide bonds. The van der Waals surface area contributed by atoms with Crippen molar-refractivity contribution < 1.29 is 27.5 Å². The summed E-state index contributed by atoms with van der Waals surface area (Å²) in [5.41, 5.74) is 0.995. The van der Waals surface area contributed by atoms with Crippen LogP contribution in [0.1, 0.15) is 31.9 Å². The molecule has 1 atom stereocenters. The minimum Gasteiger partial charge on any atom is -0.454 e. The summed E-state index contributed by atoms with van der Waals surface area (Å²) >= 11 is 12.6. The smallest absolute Gasteiger partial charge is 0.244 e. The number of anilines is 1. The predicted molar refractivity (Wildman–Crippen MR) is 164 cm³/mol. The molecular formula is C30H33Cl2N3O6S. The van der Waals surface area contributed by atoms with Crippen molar-refractivity contribution >= 4 is 50.7 Å². The summed E-state index contributed by atoms with van der Waals surface area (Å²) in [4.78, 5) is 29.4. The van der Waals surface area contributed by atoms with E-state index in [0.29, 0.717) is 27.1 Å². The fourth-order valence-electron chi connectivity index (χ4n) is 4.49. The topological polar surface area (TPSA) is 105 Å². The molecule has 1 aliphatic heterocycles. The number of fused-ring (bicyclic) bond motifs is 1. The Kier molecular flexibility index (Phi) is 9.60. The van der Waals surface area contributed by atoms with Gasteiger partial charge in [0.1, 0.15) is 12.6 Å². The highest BCUT2D eigenvalue weighted by molar-refractivity contribution is 7.92. The Morgan fingerprint density at radius 2 is 1.67 bits per heavy atom. The number of rotatable bonds is 10. The summed E-state index contributed by atoms with van der Waals surface area (Å²) in [6.45, 7) is 4.91. The van der Waals surface area contributed by atoms with Crippen LogP contribution in [0, 0.1) is 0 Å². The van der Waals surface area contributed by atoms with E-state index in [2.05, 4.69) is 5.32 Å². The minimum absolute atomic E-state index is 0.0102. The number of amides is 2. The Bertz CT molecular complexity index is 1560. The molecule has 9 nitrogen and oxygen atoms in total. The molecule has 3 aromatic rings. The zero-order chi connectivity index (χ0) is 30.7. The zero-order valence-electron chi connectivity index (χ0n) is 23.8. The van der Waals surface area contributed by atoms with Gasteiger partial charge in [0.05, 0.1) is 11.9 Å². The molecule has 224 valence electrons. The SMILES string of the molecule is CC(C)(C)NC(=O)C(Cc1ccccc1)N(Cc1ccc(Cl)cc1Cl)C(=O)CN(c1ccc2c(c1)OCO2)S(C)(=O)=O. The Labute approximate surface area is 256 Å². The van der Waals surface area contributed by atoms with E-state index in [1.54, 1.807) is 24.3 Å². The van der Waals surface area contributed by atoms with Gasteiger partial charge >= 0.3 is 0 Å². The van der Waals surface area contributed by atoms with Crippen molar-refractivity contribution in [2.45, 2.75) is 45.3 Å². The van der Waals surface area contributed by atoms with Crippen LogP contribution in [0.2, 0.25) is 10.0 Å². The number of nitrogens with zero attached hydrogens (tertiary/aromatic N) is 2. The van der Waals surface area contributed by atoms with Gasteiger partial charge in [0, 0.05) is 34.6 Å². The third-order valence-electron chi connectivity index (χ3n) is 6.45. The van der Waals surface area contributed by atoms with Gasteiger partial charge < -0.3 is 19.7 Å². The maximum absolute atomic E-state index is 14.2. The lowest BCUT2D eigenvalue weighted by Crippen LogP contribution is -2.56. The first kappa shape index (κ1) is 31.5. The van der Waals surface area contributed by atoms with Crippen LogP contribution in [-0.2, 0) is 32.6 Å². The average Bonchev–Trinajstić information content (AvgIpc) is 3.37. The van der Waals surface area contributed by atoms with Gasteiger partial charge in [-0.05, 0) is 56.2 Å². The summed E-state index contributed by atoms with van der Waals surface area (Å²) in [7, 11) is -3.94. The summed E-state index contributed by atoms with van der Waals surface area (Å²) in [6, 6.07) is 17.8. The number of sulfonamides is 1. The lowest BCUT2D eigenvalue weighted by atomic mass is 10.0. The van der Waals surface area contributed by atoms with Gasteiger partial charge in [-0.25, -0.2) is 8.42 Å². The number of benzene rings is 3. The van der Waals surface area contributed by atoms with Crippen LogP contribution in [0.4, 0.5) is 5.69 Å². The molecule has 0 saturated heterocycles. The predicted octanol–water partition coefficient (Wildman–Crippen LogP) is 5.04. The van der Waals surface area contributed by atoms with E-state index in [-0.39, 0.29) is 25.4 Å². The van der Waals surface area contributed by atoms with Crippen molar-refractivity contribution in [1.29, 1.82) is 0 Å². The first-order valence-electron chi connectivity index (χ1n) is 13.2. The van der Waals surface area contributed by atoms with Gasteiger partial charge in [-0.3, -0.25) is 13.9 Å². The van der Waals surface area contributed by atoms with Gasteiger partial charge in [0.2, 0.25) is 28.6 Å². The highest BCUT2D eigenvalue weighted by Gasteiger charge is 2.35. The number of nitrogens with one attached hydrogen (secondary N) is 1. The lowest BCUT2D eigenvalue weighted by Gasteiger charge is -2.35. The minimum atomic E-state index is -3.94. The molecule has 1 aliphatic rings. The third kappa shape index (κ3) is 8.08. The van der Waals surface area contributed by atoms with Gasteiger partial charge in [-0.1, -0.05) is 59.6 Å². The zero-order valence-corrected chi connectivity index (χ0v) is 26.1. The molecule has 42 heavy (non-hydrogen) atoms. The maximum atomic E-state index is 14.2. The van der Waals surface area contributed by atoms with Crippen molar-refractivity contribution in [2.75, 3.05) is 23.9 Å². The molecule has 0 radical (unpaired) electrons. The van der Waals surface area contributed by atoms with Gasteiger partial charge in [-0.2, -0.15) is 0 Å². The normalized spacial score (nSPS) is 13.4. The van der Waals surface area contributed by atoms with E-state index < -0.39 is 40.0 Å². The number of hydrogen-bond donors (Lipinski definition) is 1. The molecular weight excluding hydrogens is 601 g/mol. The summed E-state index contributed by atoms with van der Waals surface area (Å²) in [5.74, 6) is -0.155. The molecule has 0 saturated carbocycles. The van der Waals surface area contributed by atoms with Crippen molar-refractivity contribution in [3.63, 3.8) is 0 Å². The fourth-order valence-corrected chi connectivity index (χ4v) is 5.80. The van der Waals surface area contributed by atoms with Gasteiger partial charge in [0.25, 0.3) is 0 Å². The van der Waals surface area contributed by atoms with Crippen LogP contribution in [0.3, 0.4) is 0 Å². The van der Waals surface area contributed by atoms with E-state index >= 15 is 0 Å². The molecule has 0 aromatic heterocycles. The molecule has 0 bridgehead atoms. The fraction of sp³-hybridized carbons (Fsp3) is 0.333. The molecule has 4 rings (SSSR count). The van der Waals surface area contributed by atoms with Gasteiger partial charge in [0.15, 0.2) is 11.5 Å². The number of ether oxygens (including phenoxy) is 2. The second kappa shape index (κ2) is 12.8. The molecule has 1 N–H and O–H groups in total. The third-order valence-corrected chi connectivity index (χ3v) is 8.18. The molecule has 3 aromatic carbocycles. The van der Waals surface area contributed by atoms with Crippen LogP contribution in [0.15, 0.2) is 66.7 Å². The Morgan fingerprint density at radius 1 is 0.976 bits per heavy atom. The van der Waals surface area contributed by atoms with Crippen molar-refractivity contribution in [3.8, 4) is 11.5 Å². The van der Waals surface area contributed by atoms with Crippen LogP contribution in [-0.4, -0.2) is 56.3 Å². The second-order valence-corrected chi connectivity index (χ2v) is 13.8. The number of halogens is 2. The van der Waals surface area contributed by atoms with E-state index in [4.69, 9.17) is 32.7 Å². The molecule has 1 unspecified atom stereocenters. The Morgan fingerprint density at radius 3 is 2.31 bits per heavy atom. The molecule has 0 spiro atoms. The van der Waals surface area contributed by atoms with Crippen molar-refractivity contribution in [2.24, 2.45) is 0 Å². The lowest BCUT2D eigenvalue weighted by molar-refractivity contribution is -0.140. The van der Waals surface area contributed by atoms with Crippen LogP contribution in [0.5, 0.6) is 11.5 Å². The molecule has 0 fully saturated rings. The van der Waals surface area contributed by atoms with Gasteiger partial charge in [-0.15, -0.1) is 0 Å². The van der Waals surface area contributed by atoms with Crippen molar-refractivity contribution in [1.82, 2.24) is 10.2 Å². The summed E-state index contributed by atoms with van der Waals surface area (Å²) in [6.07, 6.45) is 1.20. The second-order valence-electron chi connectivity index (χ2n) is 11.0. The first-order valence-corrected chi connectivity index (χ1v) is 15.8. The van der Waals surface area contributed by atoms with E-state index in [9.17, 15) is 18.0 Å². The van der Waals surface area contributed by atoms with E-state index in [0.717, 1.165) is 16.1 Å². The highest BCUT2D eigenvalue weighted by atomic mass is 35.5. The first-order chi connectivity index (χ1) is 19.7. The Hall–Kier alpha value is -3.47. The molecule has 1 heterocycles. The van der Waals surface area contributed by atoms with Crippen LogP contribution < -0.4 is 19.1 Å². The van der Waals surface area contributed by atoms with Crippen molar-refractivity contribution in [3.05, 3.63) is 87.9 Å². The standard InChI is InChI=1S/C30H33Cl2N3O6S/c1-30(2,3)33-29(37)25(14-20-8-6-5-7-9-20)34(17-21-10-11-22(31)15-24(21)32)28(36)18-35(42(4,38)39)23-12-13-26-27(16-23)41-19-40-26/h5-13,15-16,25H,14,17-19H2,1-4H3,(H,33,37). The van der Waals surface area contributed by atoms with E-state index in [1.165, 1.54) is 17.0 Å². The largest absolute Gasteiger partial charge is 0.454 e. The highest BCUT2D eigenvalue weighted by Crippen LogP contribution is 2.36. The average molecular weight is 635 g/mol. The number of hydrogen-bond acceptors (Lipinski definition) is 6. The number of carbonyl (C=O) groups excluding carboxylic acids is 2. The maximum Gasteiger partial charge on any atom is 0.244 e. The quantitative estimate of drug-likeness (QED) is 0.335. The van der Waals surface area contributed by atoms with Crippen LogP contribution in [0.25, 0.3) is 0 Å². The molecule has 12 heteroatoms. The summed E-state index contributed by atoms with van der Waals surface area (Å²) < 4.78 is 37.7. The van der Waals surface area contributed by atoms with Crippen LogP contribution >= 0.6 is 23.2 Å². The number of carbonyl (C=O) groups is 2. The summed E-state index contributed by atoms with van der Waals surface area (Å²) in [5, 5.41) is 3.71. The van der Waals surface area contributed by atoms with E-state index in [1.807, 2.05) is 51.1 Å².